The summed E-state index contributed by atoms with van der Waals surface area (Å²) < 4.78 is 25.7. The van der Waals surface area contributed by atoms with Crippen LogP contribution in [0.2, 0.25) is 0 Å². The average molecular weight is 472 g/mol. The Bertz CT molecular complexity index is 1250. The number of para-hydroxylation sites is 1. The second-order valence-corrected chi connectivity index (χ2v) is 10.2. The van der Waals surface area contributed by atoms with Gasteiger partial charge in [0.2, 0.25) is 15.7 Å². The molecule has 3 aromatic rings. The number of aromatic amines is 1. The van der Waals surface area contributed by atoms with Crippen LogP contribution in [0.4, 0.5) is 5.69 Å². The monoisotopic (exact) mass is 471 g/mol. The number of sulfone groups is 1. The van der Waals surface area contributed by atoms with Gasteiger partial charge in [-0.2, -0.15) is 0 Å². The van der Waals surface area contributed by atoms with Crippen LogP contribution in [0.25, 0.3) is 0 Å². The summed E-state index contributed by atoms with van der Waals surface area (Å²) in [6.45, 7) is 3.98. The Balaban J connectivity index is 1.68. The topological polar surface area (TPSA) is 109 Å². The van der Waals surface area contributed by atoms with Gasteiger partial charge >= 0.3 is 0 Å². The molecule has 1 amide bonds. The number of anilines is 1. The van der Waals surface area contributed by atoms with Crippen LogP contribution in [0.5, 0.6) is 0 Å². The fourth-order valence-corrected chi connectivity index (χ4v) is 4.88. The summed E-state index contributed by atoms with van der Waals surface area (Å²) in [5.74, 6) is -0.241. The van der Waals surface area contributed by atoms with Gasteiger partial charge in [0.1, 0.15) is 0 Å². The van der Waals surface area contributed by atoms with E-state index in [0.717, 1.165) is 48.3 Å². The first-order valence-electron chi connectivity index (χ1n) is 10.2. The normalized spacial score (nSPS) is 11.3. The standard InChI is InChI=1S/C23H25N3O4S2/c1-3-4-8-17-10-12-18(13-11-17)32(29,30)20-14-24-23(26-22(20)28)31-15-21(27)25-19-9-6-5-7-16(19)2/h5-7,9-14H,3-4,8,15H2,1-2H3,(H,25,27)(H,24,26,28). The van der Waals surface area contributed by atoms with Crippen molar-refractivity contribution in [2.45, 2.75) is 48.1 Å². The molecule has 0 saturated carbocycles. The number of thioether (sulfide) groups is 1. The van der Waals surface area contributed by atoms with Gasteiger partial charge in [-0.05, 0) is 49.1 Å². The number of carbonyl (C=O) groups excluding carboxylic acids is 1. The third-order valence-corrected chi connectivity index (χ3v) is 7.49. The van der Waals surface area contributed by atoms with Crippen LogP contribution in [0.1, 0.15) is 30.9 Å². The van der Waals surface area contributed by atoms with Crippen LogP contribution in [0.3, 0.4) is 0 Å². The van der Waals surface area contributed by atoms with E-state index in [1.165, 1.54) is 12.1 Å². The van der Waals surface area contributed by atoms with E-state index >= 15 is 0 Å². The van der Waals surface area contributed by atoms with Crippen molar-refractivity contribution in [2.75, 3.05) is 11.1 Å². The third kappa shape index (κ3) is 5.86. The van der Waals surface area contributed by atoms with Crippen molar-refractivity contribution in [3.05, 3.63) is 76.2 Å². The van der Waals surface area contributed by atoms with Crippen molar-refractivity contribution >= 4 is 33.2 Å². The van der Waals surface area contributed by atoms with Crippen molar-refractivity contribution in [1.82, 2.24) is 9.97 Å². The minimum Gasteiger partial charge on any atom is -0.325 e. The molecule has 1 heterocycles. The van der Waals surface area contributed by atoms with E-state index in [1.807, 2.05) is 25.1 Å². The molecule has 0 unspecified atom stereocenters. The molecule has 1 aromatic heterocycles. The number of amides is 1. The van der Waals surface area contributed by atoms with Crippen molar-refractivity contribution in [3.8, 4) is 0 Å². The summed E-state index contributed by atoms with van der Waals surface area (Å²) in [4.78, 5) is 30.8. The lowest BCUT2D eigenvalue weighted by Gasteiger charge is -2.08. The number of nitrogens with zero attached hydrogens (tertiary/aromatic N) is 1. The maximum absolute atomic E-state index is 12.9. The maximum Gasteiger partial charge on any atom is 0.270 e. The zero-order valence-electron chi connectivity index (χ0n) is 17.9. The van der Waals surface area contributed by atoms with Crippen molar-refractivity contribution < 1.29 is 13.2 Å². The Kier molecular flexibility index (Phi) is 7.87. The number of unbranched alkanes of at least 4 members (excludes halogenated alkanes) is 1. The predicted octanol–water partition coefficient (Wildman–Crippen LogP) is 3.98. The summed E-state index contributed by atoms with van der Waals surface area (Å²) in [7, 11) is -4.00. The molecule has 3 rings (SSSR count). The minimum atomic E-state index is -4.00. The zero-order chi connectivity index (χ0) is 23.1. The van der Waals surface area contributed by atoms with Gasteiger partial charge in [0.15, 0.2) is 10.1 Å². The highest BCUT2D eigenvalue weighted by Crippen LogP contribution is 2.20. The molecule has 0 spiro atoms. The van der Waals surface area contributed by atoms with Crippen LogP contribution in [0, 0.1) is 6.92 Å². The van der Waals surface area contributed by atoms with Gasteiger partial charge in [-0.1, -0.05) is 55.4 Å². The lowest BCUT2D eigenvalue weighted by Crippen LogP contribution is -2.20. The van der Waals surface area contributed by atoms with Crippen LogP contribution in [-0.2, 0) is 21.1 Å². The number of rotatable bonds is 9. The van der Waals surface area contributed by atoms with Crippen molar-refractivity contribution in [1.29, 1.82) is 0 Å². The first kappa shape index (κ1) is 23.7. The van der Waals surface area contributed by atoms with Crippen molar-refractivity contribution in [3.63, 3.8) is 0 Å². The number of benzene rings is 2. The number of aryl methyl sites for hydroxylation is 2. The second-order valence-electron chi connectivity index (χ2n) is 7.28. The lowest BCUT2D eigenvalue weighted by atomic mass is 10.1. The third-order valence-electron chi connectivity index (χ3n) is 4.84. The van der Waals surface area contributed by atoms with Gasteiger partial charge in [0, 0.05) is 5.69 Å². The quantitative estimate of drug-likeness (QED) is 0.361. The molecule has 2 N–H and O–H groups in total. The zero-order valence-corrected chi connectivity index (χ0v) is 19.6. The number of hydrogen-bond acceptors (Lipinski definition) is 6. The highest BCUT2D eigenvalue weighted by molar-refractivity contribution is 7.99. The molecule has 0 fully saturated rings. The molecule has 0 saturated heterocycles. The van der Waals surface area contributed by atoms with Gasteiger partial charge in [0.05, 0.1) is 16.8 Å². The summed E-state index contributed by atoms with van der Waals surface area (Å²) in [6.07, 6.45) is 4.00. The molecule has 0 atom stereocenters. The van der Waals surface area contributed by atoms with Gasteiger partial charge in [-0.3, -0.25) is 9.59 Å². The Morgan fingerprint density at radius 3 is 2.50 bits per heavy atom. The fourth-order valence-electron chi connectivity index (χ4n) is 3.01. The fraction of sp³-hybridized carbons (Fsp3) is 0.261. The predicted molar refractivity (Wildman–Crippen MR) is 126 cm³/mol. The van der Waals surface area contributed by atoms with E-state index in [0.29, 0.717) is 5.69 Å². The number of H-pyrrole nitrogens is 1. The highest BCUT2D eigenvalue weighted by Gasteiger charge is 2.22. The SMILES string of the molecule is CCCCc1ccc(S(=O)(=O)c2cnc(SCC(=O)Nc3ccccc3C)[nH]c2=O)cc1. The van der Waals surface area contributed by atoms with Crippen LogP contribution < -0.4 is 10.9 Å². The lowest BCUT2D eigenvalue weighted by molar-refractivity contribution is -0.113. The van der Waals surface area contributed by atoms with Gasteiger partial charge in [0.25, 0.3) is 5.56 Å². The molecule has 0 aliphatic rings. The molecule has 32 heavy (non-hydrogen) atoms. The van der Waals surface area contributed by atoms with Gasteiger partial charge < -0.3 is 10.3 Å². The van der Waals surface area contributed by atoms with E-state index in [2.05, 4.69) is 22.2 Å². The summed E-state index contributed by atoms with van der Waals surface area (Å²) in [5.41, 5.74) is 1.93. The van der Waals surface area contributed by atoms with E-state index in [-0.39, 0.29) is 21.7 Å². The van der Waals surface area contributed by atoms with Gasteiger partial charge in [-0.15, -0.1) is 0 Å². The number of nitrogens with one attached hydrogen (secondary N) is 2. The summed E-state index contributed by atoms with van der Waals surface area (Å²) in [6, 6.07) is 13.9. The van der Waals surface area contributed by atoms with E-state index in [1.54, 1.807) is 18.2 Å². The number of aromatic nitrogens is 2. The first-order valence-corrected chi connectivity index (χ1v) is 12.7. The van der Waals surface area contributed by atoms with Crippen LogP contribution in [0.15, 0.2) is 74.5 Å². The van der Waals surface area contributed by atoms with Crippen LogP contribution in [-0.4, -0.2) is 30.0 Å². The molecule has 0 bridgehead atoms. The molecular weight excluding hydrogens is 446 g/mol. The Labute approximate surface area is 191 Å². The number of carbonyl (C=O) groups is 1. The Hall–Kier alpha value is -2.91. The van der Waals surface area contributed by atoms with Gasteiger partial charge in [-0.25, -0.2) is 13.4 Å². The molecule has 0 aliphatic carbocycles. The minimum absolute atomic E-state index is 0.0165. The maximum atomic E-state index is 12.9. The molecule has 2 aromatic carbocycles. The smallest absolute Gasteiger partial charge is 0.270 e. The first-order chi connectivity index (χ1) is 15.3. The number of hydrogen-bond donors (Lipinski definition) is 2. The van der Waals surface area contributed by atoms with E-state index in [4.69, 9.17) is 0 Å². The summed E-state index contributed by atoms with van der Waals surface area (Å²) >= 11 is 1.02. The largest absolute Gasteiger partial charge is 0.325 e. The Morgan fingerprint density at radius 1 is 1.12 bits per heavy atom. The van der Waals surface area contributed by atoms with E-state index in [9.17, 15) is 18.0 Å². The molecule has 0 radical (unpaired) electrons. The van der Waals surface area contributed by atoms with Crippen LogP contribution >= 0.6 is 11.8 Å². The molecule has 9 heteroatoms. The molecular formula is C23H25N3O4S2. The molecule has 0 aliphatic heterocycles. The molecule has 168 valence electrons. The van der Waals surface area contributed by atoms with E-state index < -0.39 is 20.3 Å². The Morgan fingerprint density at radius 2 is 1.84 bits per heavy atom. The van der Waals surface area contributed by atoms with Crippen molar-refractivity contribution in [2.24, 2.45) is 0 Å². The highest BCUT2D eigenvalue weighted by atomic mass is 32.2. The summed E-state index contributed by atoms with van der Waals surface area (Å²) in [5, 5.41) is 2.96. The average Bonchev–Trinajstić information content (AvgIpc) is 2.78. The molecule has 7 nitrogen and oxygen atoms in total. The second kappa shape index (κ2) is 10.6.